The number of hydrogen-bond donors (Lipinski definition) is 0. The Kier molecular flexibility index (Phi) is 2.83. The van der Waals surface area contributed by atoms with Crippen molar-refractivity contribution in [3.63, 3.8) is 0 Å². The maximum absolute atomic E-state index is 11.8. The van der Waals surface area contributed by atoms with Crippen LogP contribution in [0.25, 0.3) is 0 Å². The number of rotatable bonds is 1. The van der Waals surface area contributed by atoms with Crippen molar-refractivity contribution in [3.8, 4) is 0 Å². The van der Waals surface area contributed by atoms with Gasteiger partial charge in [0, 0.05) is 5.92 Å². The monoisotopic (exact) mass is 199 g/mol. The molecular formula is C10H17NO3. The van der Waals surface area contributed by atoms with Gasteiger partial charge in [0.05, 0.1) is 6.54 Å². The lowest BCUT2D eigenvalue weighted by Crippen LogP contribution is -2.59. The molecule has 4 nitrogen and oxygen atoms in total. The molecular weight excluding hydrogens is 182 g/mol. The Hall–Kier alpha value is -1.06. The molecule has 0 aromatic heterocycles. The summed E-state index contributed by atoms with van der Waals surface area (Å²) >= 11 is 0. The van der Waals surface area contributed by atoms with Crippen LogP contribution < -0.4 is 0 Å². The van der Waals surface area contributed by atoms with Crippen LogP contribution in [0, 0.1) is 5.92 Å². The molecule has 1 heterocycles. The van der Waals surface area contributed by atoms with Gasteiger partial charge in [-0.3, -0.25) is 4.79 Å². The minimum atomic E-state index is -0.820. The summed E-state index contributed by atoms with van der Waals surface area (Å²) in [6.07, 6.45) is 0. The second kappa shape index (κ2) is 3.59. The molecule has 0 N–H and O–H groups in total. The molecule has 14 heavy (non-hydrogen) atoms. The summed E-state index contributed by atoms with van der Waals surface area (Å²) in [5, 5.41) is 0. The van der Waals surface area contributed by atoms with E-state index < -0.39 is 5.54 Å². The number of esters is 1. The van der Waals surface area contributed by atoms with E-state index in [0.717, 1.165) is 0 Å². The maximum Gasteiger partial charge on any atom is 0.331 e. The summed E-state index contributed by atoms with van der Waals surface area (Å²) in [4.78, 5) is 24.8. The molecule has 0 atom stereocenters. The van der Waals surface area contributed by atoms with Crippen molar-refractivity contribution in [1.29, 1.82) is 0 Å². The zero-order chi connectivity index (χ0) is 10.9. The fourth-order valence-corrected chi connectivity index (χ4v) is 1.49. The van der Waals surface area contributed by atoms with Gasteiger partial charge in [0.15, 0.2) is 0 Å². The Bertz CT molecular complexity index is 258. The molecule has 0 saturated carbocycles. The highest BCUT2D eigenvalue weighted by Gasteiger charge is 2.42. The molecule has 1 rings (SSSR count). The van der Waals surface area contributed by atoms with Crippen molar-refractivity contribution < 1.29 is 14.3 Å². The summed E-state index contributed by atoms with van der Waals surface area (Å²) < 4.78 is 4.92. The molecule has 0 bridgehead atoms. The smallest absolute Gasteiger partial charge is 0.331 e. The van der Waals surface area contributed by atoms with E-state index in [-0.39, 0.29) is 17.8 Å². The number of carbonyl (C=O) groups is 2. The van der Waals surface area contributed by atoms with E-state index in [0.29, 0.717) is 13.2 Å². The predicted molar refractivity (Wildman–Crippen MR) is 51.6 cm³/mol. The van der Waals surface area contributed by atoms with E-state index in [1.807, 2.05) is 13.8 Å². The van der Waals surface area contributed by atoms with E-state index in [9.17, 15) is 9.59 Å². The molecule has 1 saturated heterocycles. The van der Waals surface area contributed by atoms with Crippen LogP contribution in [0.1, 0.15) is 27.7 Å². The molecule has 0 spiro atoms. The minimum absolute atomic E-state index is 0.00616. The van der Waals surface area contributed by atoms with E-state index in [1.54, 1.807) is 18.7 Å². The van der Waals surface area contributed by atoms with Gasteiger partial charge in [-0.2, -0.15) is 0 Å². The number of carbonyl (C=O) groups excluding carboxylic acids is 2. The SMILES string of the molecule is CC(C)C(=O)N1CCOC(=O)C1(C)C. The van der Waals surface area contributed by atoms with E-state index in [1.165, 1.54) is 0 Å². The van der Waals surface area contributed by atoms with Crippen LogP contribution in [0.4, 0.5) is 0 Å². The number of nitrogens with zero attached hydrogens (tertiary/aromatic N) is 1. The third-order valence-corrected chi connectivity index (χ3v) is 2.48. The molecule has 0 aromatic rings. The Labute approximate surface area is 84.2 Å². The van der Waals surface area contributed by atoms with Gasteiger partial charge in [-0.05, 0) is 13.8 Å². The third kappa shape index (κ3) is 1.74. The first-order valence-corrected chi connectivity index (χ1v) is 4.86. The van der Waals surface area contributed by atoms with Crippen molar-refractivity contribution >= 4 is 11.9 Å². The molecule has 1 amide bonds. The molecule has 80 valence electrons. The zero-order valence-corrected chi connectivity index (χ0v) is 9.16. The Morgan fingerprint density at radius 1 is 1.50 bits per heavy atom. The van der Waals surface area contributed by atoms with Gasteiger partial charge in [0.25, 0.3) is 0 Å². The first kappa shape index (κ1) is 11.0. The lowest BCUT2D eigenvalue weighted by atomic mass is 9.99. The van der Waals surface area contributed by atoms with Crippen LogP contribution in [0.5, 0.6) is 0 Å². The topological polar surface area (TPSA) is 46.6 Å². The normalized spacial score (nSPS) is 20.9. The van der Waals surface area contributed by atoms with Gasteiger partial charge >= 0.3 is 5.97 Å². The number of cyclic esters (lactones) is 1. The molecule has 0 radical (unpaired) electrons. The molecule has 0 aliphatic carbocycles. The molecule has 0 unspecified atom stereocenters. The molecule has 1 aliphatic heterocycles. The van der Waals surface area contributed by atoms with Crippen molar-refractivity contribution in [2.45, 2.75) is 33.2 Å². The molecule has 1 aliphatic rings. The number of hydrogen-bond acceptors (Lipinski definition) is 3. The largest absolute Gasteiger partial charge is 0.462 e. The summed E-state index contributed by atoms with van der Waals surface area (Å²) in [5.41, 5.74) is -0.820. The van der Waals surface area contributed by atoms with Gasteiger partial charge in [0.1, 0.15) is 12.1 Å². The number of morpholine rings is 1. The average molecular weight is 199 g/mol. The minimum Gasteiger partial charge on any atom is -0.462 e. The van der Waals surface area contributed by atoms with E-state index in [4.69, 9.17) is 4.74 Å². The average Bonchev–Trinajstić information content (AvgIpc) is 2.08. The van der Waals surface area contributed by atoms with Crippen LogP contribution in [0.3, 0.4) is 0 Å². The Morgan fingerprint density at radius 2 is 2.07 bits per heavy atom. The van der Waals surface area contributed by atoms with Crippen molar-refractivity contribution in [1.82, 2.24) is 4.90 Å². The van der Waals surface area contributed by atoms with E-state index in [2.05, 4.69) is 0 Å². The van der Waals surface area contributed by atoms with Gasteiger partial charge < -0.3 is 9.64 Å². The van der Waals surface area contributed by atoms with E-state index >= 15 is 0 Å². The van der Waals surface area contributed by atoms with Crippen molar-refractivity contribution in [2.75, 3.05) is 13.2 Å². The second-order valence-corrected chi connectivity index (χ2v) is 4.34. The van der Waals surface area contributed by atoms with Gasteiger partial charge in [-0.1, -0.05) is 13.8 Å². The third-order valence-electron chi connectivity index (χ3n) is 2.48. The van der Waals surface area contributed by atoms with Crippen molar-refractivity contribution in [2.24, 2.45) is 5.92 Å². The van der Waals surface area contributed by atoms with Gasteiger partial charge in [-0.25, -0.2) is 4.79 Å². The van der Waals surface area contributed by atoms with Crippen LogP contribution in [-0.2, 0) is 14.3 Å². The van der Waals surface area contributed by atoms with Gasteiger partial charge in [-0.15, -0.1) is 0 Å². The highest BCUT2D eigenvalue weighted by molar-refractivity contribution is 5.89. The molecule has 1 fully saturated rings. The maximum atomic E-state index is 11.8. The van der Waals surface area contributed by atoms with Crippen LogP contribution in [-0.4, -0.2) is 35.5 Å². The quantitative estimate of drug-likeness (QED) is 0.587. The molecule has 0 aromatic carbocycles. The zero-order valence-electron chi connectivity index (χ0n) is 9.16. The summed E-state index contributed by atoms with van der Waals surface area (Å²) in [7, 11) is 0. The second-order valence-electron chi connectivity index (χ2n) is 4.34. The highest BCUT2D eigenvalue weighted by Crippen LogP contribution is 2.22. The van der Waals surface area contributed by atoms with Crippen LogP contribution in [0.15, 0.2) is 0 Å². The lowest BCUT2D eigenvalue weighted by molar-refractivity contribution is -0.173. The Balaban J connectivity index is 2.87. The van der Waals surface area contributed by atoms with Crippen molar-refractivity contribution in [3.05, 3.63) is 0 Å². The Morgan fingerprint density at radius 3 is 2.57 bits per heavy atom. The summed E-state index contributed by atoms with van der Waals surface area (Å²) in [6, 6.07) is 0. The lowest BCUT2D eigenvalue weighted by Gasteiger charge is -2.40. The fraction of sp³-hybridized carbons (Fsp3) is 0.800. The summed E-state index contributed by atoms with van der Waals surface area (Å²) in [5.74, 6) is -0.399. The van der Waals surface area contributed by atoms with Crippen LogP contribution >= 0.6 is 0 Å². The number of ether oxygens (including phenoxy) is 1. The van der Waals surface area contributed by atoms with Gasteiger partial charge in [0.2, 0.25) is 5.91 Å². The molecule has 4 heteroatoms. The predicted octanol–water partition coefficient (Wildman–Crippen LogP) is 0.806. The number of amides is 1. The van der Waals surface area contributed by atoms with Crippen LogP contribution in [0.2, 0.25) is 0 Å². The fourth-order valence-electron chi connectivity index (χ4n) is 1.49. The summed E-state index contributed by atoms with van der Waals surface area (Å²) in [6.45, 7) is 7.90. The first-order chi connectivity index (χ1) is 6.37. The standard InChI is InChI=1S/C10H17NO3/c1-7(2)8(12)11-5-6-14-9(13)10(11,3)4/h7H,5-6H2,1-4H3. The first-order valence-electron chi connectivity index (χ1n) is 4.86. The highest BCUT2D eigenvalue weighted by atomic mass is 16.5.